The second kappa shape index (κ2) is 16.1. The monoisotopic (exact) mass is 975 g/mol. The van der Waals surface area contributed by atoms with Crippen molar-refractivity contribution in [2.45, 2.75) is 162 Å². The first-order chi connectivity index (χ1) is 34.3. The third kappa shape index (κ3) is 7.61. The largest absolute Gasteiger partial charge is 0.311 e. The predicted molar refractivity (Wildman–Crippen MR) is 319 cm³/mol. The molecule has 73 heavy (non-hydrogen) atoms. The van der Waals surface area contributed by atoms with Crippen molar-refractivity contribution in [1.82, 2.24) is 0 Å². The first kappa shape index (κ1) is 48.1. The third-order valence-electron chi connectivity index (χ3n) is 18.1. The smallest absolute Gasteiger partial charge is 0.264 e. The van der Waals surface area contributed by atoms with E-state index in [1.807, 2.05) is 11.3 Å². The van der Waals surface area contributed by atoms with Crippen molar-refractivity contribution in [3.05, 3.63) is 172 Å². The predicted octanol–water partition coefficient (Wildman–Crippen LogP) is 17.9. The van der Waals surface area contributed by atoms with Gasteiger partial charge in [0, 0.05) is 43.2 Å². The van der Waals surface area contributed by atoms with Crippen LogP contribution < -0.4 is 25.5 Å². The topological polar surface area (TPSA) is 6.48 Å². The summed E-state index contributed by atoms with van der Waals surface area (Å²) in [5, 5.41) is 1.34. The van der Waals surface area contributed by atoms with Crippen LogP contribution in [0.1, 0.15) is 162 Å². The molecular weight excluding hydrogens is 900 g/mol. The number of aryl methyl sites for hydroxylation is 1. The van der Waals surface area contributed by atoms with Gasteiger partial charge in [-0.25, -0.2) is 0 Å². The molecule has 0 unspecified atom stereocenters. The fourth-order valence-corrected chi connectivity index (χ4v) is 14.6. The van der Waals surface area contributed by atoms with E-state index in [2.05, 4.69) is 247 Å². The lowest BCUT2D eigenvalue weighted by atomic mass is 9.35. The lowest BCUT2D eigenvalue weighted by Crippen LogP contribution is -2.61. The molecule has 370 valence electrons. The highest BCUT2D eigenvalue weighted by Gasteiger charge is 2.49. The summed E-state index contributed by atoms with van der Waals surface area (Å²) in [4.78, 5) is 5.45. The summed E-state index contributed by atoms with van der Waals surface area (Å²) in [5.41, 5.74) is 25.7. The quantitative estimate of drug-likeness (QED) is 0.162. The Morgan fingerprint density at radius 3 is 1.68 bits per heavy atom. The Bertz CT molecular complexity index is 3570. The number of hydrogen-bond acceptors (Lipinski definition) is 3. The molecule has 7 aromatic carbocycles. The zero-order chi connectivity index (χ0) is 51.5. The number of benzene rings is 7. The maximum absolute atomic E-state index is 2.73. The van der Waals surface area contributed by atoms with Crippen LogP contribution in [0.5, 0.6) is 0 Å². The lowest BCUT2D eigenvalue weighted by Gasteiger charge is -2.47. The van der Waals surface area contributed by atoms with E-state index in [-0.39, 0.29) is 39.2 Å². The summed E-state index contributed by atoms with van der Waals surface area (Å²) in [7, 11) is 0. The summed E-state index contributed by atoms with van der Waals surface area (Å²) in [6, 6.07) is 52.9. The van der Waals surface area contributed by atoms with Crippen LogP contribution in [0.25, 0.3) is 32.3 Å². The maximum Gasteiger partial charge on any atom is 0.264 e. The lowest BCUT2D eigenvalue weighted by molar-refractivity contribution is 0.332. The van der Waals surface area contributed by atoms with E-state index in [9.17, 15) is 0 Å². The molecule has 4 aliphatic rings. The van der Waals surface area contributed by atoms with Crippen LogP contribution in [0.2, 0.25) is 0 Å². The van der Waals surface area contributed by atoms with E-state index in [1.54, 1.807) is 0 Å². The molecule has 1 aromatic heterocycles. The molecule has 0 N–H and O–H groups in total. The molecule has 0 radical (unpaired) electrons. The molecule has 0 atom stereocenters. The van der Waals surface area contributed by atoms with Crippen molar-refractivity contribution in [3.8, 4) is 22.3 Å². The molecule has 4 heteroatoms. The summed E-state index contributed by atoms with van der Waals surface area (Å²) in [5.74, 6) is 0. The van der Waals surface area contributed by atoms with Crippen LogP contribution in [-0.2, 0) is 32.5 Å². The van der Waals surface area contributed by atoms with E-state index in [4.69, 9.17) is 0 Å². The highest BCUT2D eigenvalue weighted by molar-refractivity contribution is 7.33. The summed E-state index contributed by atoms with van der Waals surface area (Å²) in [6.45, 7) is 36.4. The fourth-order valence-electron chi connectivity index (χ4n) is 13.3. The Labute approximate surface area is 442 Å². The molecule has 0 spiro atoms. The van der Waals surface area contributed by atoms with E-state index < -0.39 is 0 Å². The van der Waals surface area contributed by atoms with Gasteiger partial charge in [0.05, 0.1) is 11.4 Å². The average molecular weight is 975 g/mol. The van der Waals surface area contributed by atoms with Gasteiger partial charge in [-0.3, -0.25) is 0 Å². The van der Waals surface area contributed by atoms with E-state index in [1.165, 1.54) is 147 Å². The molecule has 0 amide bonds. The normalized spacial score (nSPS) is 17.9. The van der Waals surface area contributed by atoms with Crippen molar-refractivity contribution in [3.63, 3.8) is 0 Å². The van der Waals surface area contributed by atoms with Gasteiger partial charge in [-0.2, -0.15) is 0 Å². The minimum atomic E-state index is -0.0496. The van der Waals surface area contributed by atoms with Crippen LogP contribution in [0.15, 0.2) is 133 Å². The summed E-state index contributed by atoms with van der Waals surface area (Å²) in [6.07, 6.45) is 4.72. The van der Waals surface area contributed by atoms with Crippen molar-refractivity contribution in [1.29, 1.82) is 0 Å². The van der Waals surface area contributed by atoms with Gasteiger partial charge in [0.2, 0.25) is 0 Å². The molecule has 0 saturated heterocycles. The van der Waals surface area contributed by atoms with Gasteiger partial charge in [-0.05, 0) is 192 Å². The average Bonchev–Trinajstić information content (AvgIpc) is 3.72. The molecule has 0 saturated carbocycles. The number of fused-ring (bicyclic) bond motifs is 8. The van der Waals surface area contributed by atoms with Crippen LogP contribution >= 0.6 is 11.3 Å². The van der Waals surface area contributed by atoms with E-state index >= 15 is 0 Å². The van der Waals surface area contributed by atoms with Crippen LogP contribution in [0.4, 0.5) is 34.1 Å². The molecular formula is C69H75BN2S. The number of nitrogens with zero attached hydrogens (tertiary/aromatic N) is 2. The van der Waals surface area contributed by atoms with Crippen molar-refractivity contribution in [2.75, 3.05) is 9.80 Å². The first-order valence-corrected chi connectivity index (χ1v) is 28.1. The molecule has 2 aliphatic carbocycles. The first-order valence-electron chi connectivity index (χ1n) is 27.3. The number of thiophene rings is 1. The Balaban J connectivity index is 1.21. The molecule has 2 aliphatic heterocycles. The molecule has 3 heterocycles. The van der Waals surface area contributed by atoms with Gasteiger partial charge >= 0.3 is 0 Å². The van der Waals surface area contributed by atoms with Crippen molar-refractivity contribution < 1.29 is 0 Å². The standard InChI is InChI=1S/C69H75BN2S/c1-42-34-58-61-59(35-42)72(56-28-24-46(64(2,3)4)37-49(56)45-23-19-22-44(36-45)43-20-17-16-18-21-43)62-50-38-47(65(5,6)7)25-29-60(50)73-63(62)70(61)55-40-53-54(69(14,15)33-32-68(53,12)13)41-57(55)71(58)48-26-27-51-52(39-48)67(10,11)31-30-66(51,8)9/h16-29,34-41H,30-33H2,1-15H3. The number of rotatable bonds is 4. The summed E-state index contributed by atoms with van der Waals surface area (Å²) >= 11 is 2.02. The number of anilines is 6. The Kier molecular flexibility index (Phi) is 10.6. The molecule has 2 nitrogen and oxygen atoms in total. The van der Waals surface area contributed by atoms with E-state index in [0.717, 1.165) is 0 Å². The Hall–Kier alpha value is -5.84. The van der Waals surface area contributed by atoms with Crippen molar-refractivity contribution >= 4 is 78.0 Å². The van der Waals surface area contributed by atoms with Gasteiger partial charge in [0.25, 0.3) is 6.71 Å². The Morgan fingerprint density at radius 1 is 0.466 bits per heavy atom. The third-order valence-corrected chi connectivity index (χ3v) is 19.3. The Morgan fingerprint density at radius 2 is 1.03 bits per heavy atom. The molecule has 8 aromatic rings. The minimum Gasteiger partial charge on any atom is -0.311 e. The van der Waals surface area contributed by atoms with Gasteiger partial charge in [0.1, 0.15) is 0 Å². The van der Waals surface area contributed by atoms with Crippen LogP contribution in [0, 0.1) is 6.92 Å². The summed E-state index contributed by atoms with van der Waals surface area (Å²) < 4.78 is 2.78. The van der Waals surface area contributed by atoms with E-state index in [0.29, 0.717) is 0 Å². The molecule has 0 fully saturated rings. The fraction of sp³-hybridized carbons (Fsp3) is 0.362. The second-order valence-electron chi connectivity index (χ2n) is 27.2. The van der Waals surface area contributed by atoms with Crippen LogP contribution in [0.3, 0.4) is 0 Å². The van der Waals surface area contributed by atoms with Gasteiger partial charge in [0.15, 0.2) is 0 Å². The highest BCUT2D eigenvalue weighted by Crippen LogP contribution is 2.55. The SMILES string of the molecule is Cc1cc2c3c(c1)N(c1ccc(C(C)(C)C)cc1-c1cccc(-c4ccccc4)c1)c1c(sc4ccc(C(C)(C)C)cc14)B3c1cc3c(cc1N2c1ccc2c(c1)C(C)(C)CCC2(C)C)C(C)(C)CCC3(C)C. The van der Waals surface area contributed by atoms with Crippen molar-refractivity contribution in [2.24, 2.45) is 0 Å². The zero-order valence-electron chi connectivity index (χ0n) is 46.4. The second-order valence-corrected chi connectivity index (χ2v) is 28.3. The number of hydrogen-bond donors (Lipinski definition) is 0. The minimum absolute atomic E-state index is 0.0182. The zero-order valence-corrected chi connectivity index (χ0v) is 47.2. The van der Waals surface area contributed by atoms with Gasteiger partial charge in [-0.15, -0.1) is 11.3 Å². The van der Waals surface area contributed by atoms with Crippen LogP contribution in [-0.4, -0.2) is 6.71 Å². The molecule has 12 rings (SSSR count). The highest BCUT2D eigenvalue weighted by atomic mass is 32.1. The van der Waals surface area contributed by atoms with Gasteiger partial charge in [-0.1, -0.05) is 170 Å². The maximum atomic E-state index is 2.73. The molecule has 0 bridgehead atoms. The van der Waals surface area contributed by atoms with Gasteiger partial charge < -0.3 is 9.80 Å².